The molecule has 0 unspecified atom stereocenters. The molecule has 0 radical (unpaired) electrons. The van der Waals surface area contributed by atoms with Crippen LogP contribution in [0.5, 0.6) is 0 Å². The first-order valence-corrected chi connectivity index (χ1v) is 8.71. The highest BCUT2D eigenvalue weighted by Crippen LogP contribution is 2.29. The van der Waals surface area contributed by atoms with Crippen LogP contribution in [-0.4, -0.2) is 49.1 Å². The highest BCUT2D eigenvalue weighted by Gasteiger charge is 2.31. The molecule has 1 aliphatic rings. The van der Waals surface area contributed by atoms with Gasteiger partial charge in [0.1, 0.15) is 10.7 Å². The molecule has 0 saturated heterocycles. The van der Waals surface area contributed by atoms with Crippen LogP contribution in [0.2, 0.25) is 0 Å². The topological polar surface area (TPSA) is 82.5 Å². The van der Waals surface area contributed by atoms with Gasteiger partial charge in [-0.2, -0.15) is 0 Å². The maximum absolute atomic E-state index is 12.4. The molecule has 1 heterocycles. The van der Waals surface area contributed by atoms with Gasteiger partial charge in [-0.25, -0.2) is 17.7 Å². The molecule has 1 aliphatic carbocycles. The predicted molar refractivity (Wildman–Crippen MR) is 81.6 cm³/mol. The van der Waals surface area contributed by atoms with Gasteiger partial charge in [-0.3, -0.25) is 0 Å². The fourth-order valence-electron chi connectivity index (χ4n) is 2.38. The summed E-state index contributed by atoms with van der Waals surface area (Å²) >= 11 is 0. The molecule has 0 spiro atoms. The second-order valence-electron chi connectivity index (χ2n) is 5.58. The lowest BCUT2D eigenvalue weighted by atomic mass is 9.82. The number of hydrogen-bond donors (Lipinski definition) is 2. The summed E-state index contributed by atoms with van der Waals surface area (Å²) in [5, 5.41) is 12.4. The average Bonchev–Trinajstić information content (AvgIpc) is 2.43. The Morgan fingerprint density at radius 1 is 1.43 bits per heavy atom. The van der Waals surface area contributed by atoms with Gasteiger partial charge in [0.15, 0.2) is 0 Å². The monoisotopic (exact) mass is 313 g/mol. The number of aromatic nitrogens is 1. The quantitative estimate of drug-likeness (QED) is 0.793. The fraction of sp³-hybridized carbons (Fsp3) is 0.643. The first-order valence-electron chi connectivity index (χ1n) is 7.27. The van der Waals surface area contributed by atoms with Crippen LogP contribution in [-0.2, 0) is 10.0 Å². The molecule has 0 aliphatic heterocycles. The smallest absolute Gasteiger partial charge is 0.244 e. The minimum absolute atomic E-state index is 0.201. The number of aliphatic hydroxyl groups is 1. The van der Waals surface area contributed by atoms with E-state index < -0.39 is 10.0 Å². The lowest BCUT2D eigenvalue weighted by Gasteiger charge is -2.34. The summed E-state index contributed by atoms with van der Waals surface area (Å²) in [4.78, 5) is 4.33. The molecular formula is C14H23N3O3S. The molecular weight excluding hydrogens is 290 g/mol. The molecule has 0 bridgehead atoms. The van der Waals surface area contributed by atoms with Crippen LogP contribution in [0.4, 0.5) is 5.82 Å². The molecule has 1 aromatic rings. The summed E-state index contributed by atoms with van der Waals surface area (Å²) in [7, 11) is -1.93. The van der Waals surface area contributed by atoms with E-state index in [0.717, 1.165) is 13.0 Å². The molecule has 118 valence electrons. The Balaban J connectivity index is 2.00. The minimum Gasteiger partial charge on any atom is -0.393 e. The molecule has 7 heteroatoms. The van der Waals surface area contributed by atoms with Crippen molar-refractivity contribution in [2.75, 3.05) is 25.5 Å². The Labute approximate surface area is 126 Å². The first kappa shape index (κ1) is 16.2. The van der Waals surface area contributed by atoms with E-state index in [0.29, 0.717) is 25.2 Å². The van der Waals surface area contributed by atoms with Gasteiger partial charge in [-0.15, -0.1) is 0 Å². The van der Waals surface area contributed by atoms with Crippen LogP contribution in [0, 0.1) is 5.92 Å². The molecule has 0 atom stereocenters. The van der Waals surface area contributed by atoms with Gasteiger partial charge in [0.05, 0.1) is 6.10 Å². The maximum Gasteiger partial charge on any atom is 0.244 e. The van der Waals surface area contributed by atoms with E-state index in [1.54, 1.807) is 19.2 Å². The van der Waals surface area contributed by atoms with E-state index in [4.69, 9.17) is 0 Å². The Kier molecular flexibility index (Phi) is 5.18. The van der Waals surface area contributed by atoms with Crippen LogP contribution < -0.4 is 5.32 Å². The summed E-state index contributed by atoms with van der Waals surface area (Å²) in [6.07, 6.45) is 3.46. The zero-order valence-electron chi connectivity index (χ0n) is 12.5. The Hall–Kier alpha value is -1.18. The van der Waals surface area contributed by atoms with Crippen LogP contribution in [0.3, 0.4) is 0 Å². The largest absolute Gasteiger partial charge is 0.393 e. The van der Waals surface area contributed by atoms with E-state index >= 15 is 0 Å². The van der Waals surface area contributed by atoms with Crippen LogP contribution in [0.1, 0.15) is 26.2 Å². The Morgan fingerprint density at radius 2 is 2.14 bits per heavy atom. The van der Waals surface area contributed by atoms with E-state index in [1.165, 1.54) is 10.5 Å². The number of pyridine rings is 1. The predicted octanol–water partition coefficient (Wildman–Crippen LogP) is 1.29. The summed E-state index contributed by atoms with van der Waals surface area (Å²) in [5.41, 5.74) is 0. The van der Waals surface area contributed by atoms with Gasteiger partial charge in [-0.1, -0.05) is 6.92 Å². The molecule has 2 rings (SSSR count). The molecule has 0 aromatic carbocycles. The third kappa shape index (κ3) is 3.93. The van der Waals surface area contributed by atoms with Gasteiger partial charge in [-0.05, 0) is 37.3 Å². The van der Waals surface area contributed by atoms with Crippen molar-refractivity contribution in [2.24, 2.45) is 5.92 Å². The third-order valence-electron chi connectivity index (χ3n) is 3.73. The normalized spacial score (nSPS) is 22.1. The van der Waals surface area contributed by atoms with Crippen LogP contribution >= 0.6 is 0 Å². The number of sulfonamides is 1. The summed E-state index contributed by atoms with van der Waals surface area (Å²) < 4.78 is 26.2. The zero-order valence-corrected chi connectivity index (χ0v) is 13.3. The van der Waals surface area contributed by atoms with Crippen molar-refractivity contribution >= 4 is 15.8 Å². The van der Waals surface area contributed by atoms with Gasteiger partial charge in [0, 0.05) is 26.3 Å². The average molecular weight is 313 g/mol. The minimum atomic E-state index is -3.50. The fourth-order valence-corrected chi connectivity index (χ4v) is 3.57. The summed E-state index contributed by atoms with van der Waals surface area (Å²) in [6.45, 7) is 3.30. The van der Waals surface area contributed by atoms with Crippen LogP contribution in [0.25, 0.3) is 0 Å². The molecule has 0 amide bonds. The lowest BCUT2D eigenvalue weighted by Crippen LogP contribution is -2.39. The Morgan fingerprint density at radius 3 is 2.67 bits per heavy atom. The van der Waals surface area contributed by atoms with Crippen LogP contribution in [0.15, 0.2) is 23.2 Å². The number of nitrogens with zero attached hydrogens (tertiary/aromatic N) is 2. The van der Waals surface area contributed by atoms with Crippen molar-refractivity contribution < 1.29 is 13.5 Å². The van der Waals surface area contributed by atoms with E-state index in [2.05, 4.69) is 17.2 Å². The first-order chi connectivity index (χ1) is 9.93. The highest BCUT2D eigenvalue weighted by atomic mass is 32.2. The third-order valence-corrected chi connectivity index (χ3v) is 5.53. The second kappa shape index (κ2) is 6.72. The van der Waals surface area contributed by atoms with Crippen molar-refractivity contribution in [3.05, 3.63) is 18.3 Å². The number of anilines is 1. The van der Waals surface area contributed by atoms with Crippen molar-refractivity contribution in [3.63, 3.8) is 0 Å². The van der Waals surface area contributed by atoms with Gasteiger partial charge in [0.25, 0.3) is 0 Å². The van der Waals surface area contributed by atoms with Crippen molar-refractivity contribution in [1.82, 2.24) is 9.29 Å². The number of hydrogen-bond acceptors (Lipinski definition) is 5. The van der Waals surface area contributed by atoms with Gasteiger partial charge < -0.3 is 10.4 Å². The zero-order chi connectivity index (χ0) is 15.5. The molecule has 2 N–H and O–H groups in total. The molecule has 6 nitrogen and oxygen atoms in total. The number of rotatable bonds is 7. The lowest BCUT2D eigenvalue weighted by molar-refractivity contribution is 0.0367. The standard InChI is InChI=1S/C14H23N3O3S/c1-3-6-15-14-5-4-13(9-16-14)21(19,20)17(2)10-11-7-12(18)8-11/h4-5,9,11-12,18H,3,6-8,10H2,1-2H3,(H,15,16). The molecule has 21 heavy (non-hydrogen) atoms. The highest BCUT2D eigenvalue weighted by molar-refractivity contribution is 7.89. The molecule has 1 aromatic heterocycles. The van der Waals surface area contributed by atoms with E-state index in [-0.39, 0.29) is 16.9 Å². The van der Waals surface area contributed by atoms with Crippen molar-refractivity contribution in [3.8, 4) is 0 Å². The maximum atomic E-state index is 12.4. The van der Waals surface area contributed by atoms with Gasteiger partial charge in [0.2, 0.25) is 10.0 Å². The van der Waals surface area contributed by atoms with Gasteiger partial charge >= 0.3 is 0 Å². The SMILES string of the molecule is CCCNc1ccc(S(=O)(=O)N(C)CC2CC(O)C2)cn1. The summed E-state index contributed by atoms with van der Waals surface area (Å²) in [6, 6.07) is 3.26. The van der Waals surface area contributed by atoms with E-state index in [1.807, 2.05) is 0 Å². The molecule has 1 fully saturated rings. The second-order valence-corrected chi connectivity index (χ2v) is 7.63. The Bertz CT molecular complexity index is 553. The van der Waals surface area contributed by atoms with Crippen molar-refractivity contribution in [1.29, 1.82) is 0 Å². The number of nitrogens with one attached hydrogen (secondary N) is 1. The molecule has 1 saturated carbocycles. The number of aliphatic hydroxyl groups excluding tert-OH is 1. The van der Waals surface area contributed by atoms with Crippen molar-refractivity contribution in [2.45, 2.75) is 37.2 Å². The van der Waals surface area contributed by atoms with E-state index in [9.17, 15) is 13.5 Å². The summed E-state index contributed by atoms with van der Waals surface area (Å²) in [5.74, 6) is 0.929.